The van der Waals surface area contributed by atoms with E-state index in [9.17, 15) is 9.59 Å². The number of fused-ring (bicyclic) bond motifs is 1. The number of hydrogen-bond donors (Lipinski definition) is 2. The second-order valence-corrected chi connectivity index (χ2v) is 9.76. The van der Waals surface area contributed by atoms with Gasteiger partial charge in [-0.15, -0.1) is 0 Å². The Morgan fingerprint density at radius 3 is 2.40 bits per heavy atom. The van der Waals surface area contributed by atoms with Gasteiger partial charge in [-0.05, 0) is 55.1 Å². The molecule has 0 amide bonds. The zero-order chi connectivity index (χ0) is 24.4. The van der Waals surface area contributed by atoms with Gasteiger partial charge in [0.1, 0.15) is 11.2 Å². The topological polar surface area (TPSA) is 87.9 Å². The quantitative estimate of drug-likeness (QED) is 0.406. The van der Waals surface area contributed by atoms with Crippen molar-refractivity contribution in [2.45, 2.75) is 46.3 Å². The molecule has 0 aliphatic carbocycles. The summed E-state index contributed by atoms with van der Waals surface area (Å²) in [6.45, 7) is 8.26. The van der Waals surface area contributed by atoms with Crippen LogP contribution in [0.1, 0.15) is 37.8 Å². The van der Waals surface area contributed by atoms with E-state index in [0.717, 1.165) is 30.9 Å². The summed E-state index contributed by atoms with van der Waals surface area (Å²) in [5.41, 5.74) is 2.75. The molecule has 182 valence electrons. The van der Waals surface area contributed by atoms with Crippen LogP contribution in [0.15, 0.2) is 64.2 Å². The molecule has 1 aliphatic heterocycles. The Bertz CT molecular complexity index is 1430. The second kappa shape index (κ2) is 9.92. The van der Waals surface area contributed by atoms with Gasteiger partial charge in [0.15, 0.2) is 5.65 Å². The van der Waals surface area contributed by atoms with Gasteiger partial charge in [-0.25, -0.2) is 9.48 Å². The average Bonchev–Trinajstić information content (AvgIpc) is 3.46. The molecule has 5 rings (SSSR count). The normalized spacial score (nSPS) is 14.3. The van der Waals surface area contributed by atoms with E-state index in [1.165, 1.54) is 18.4 Å². The third-order valence-electron chi connectivity index (χ3n) is 6.40. The predicted molar refractivity (Wildman–Crippen MR) is 139 cm³/mol. The SMILES string of the molecule is CC(C)Cn1c(=O)[nH]c(=O)c2c(Nc3ccccc3)n(Cc3cccc(CN4CCCC4)c3)nc21. The van der Waals surface area contributed by atoms with Gasteiger partial charge < -0.3 is 5.32 Å². The van der Waals surface area contributed by atoms with E-state index in [0.29, 0.717) is 29.9 Å². The molecular formula is C27H32N6O2. The zero-order valence-electron chi connectivity index (χ0n) is 20.3. The standard InChI is InChI=1S/C27H32N6O2/c1-19(2)16-32-25-23(26(34)29-27(32)35)24(28-22-11-4-3-5-12-22)33(30-25)18-21-10-8-9-20(15-21)17-31-13-6-7-14-31/h3-5,8-12,15,19,28H,6-7,13-14,16-18H2,1-2H3,(H,29,34,35). The van der Waals surface area contributed by atoms with Gasteiger partial charge in [-0.1, -0.05) is 56.3 Å². The third-order valence-corrected chi connectivity index (χ3v) is 6.40. The van der Waals surface area contributed by atoms with E-state index in [1.54, 1.807) is 9.25 Å². The molecule has 0 bridgehead atoms. The highest BCUT2D eigenvalue weighted by Gasteiger charge is 2.20. The molecule has 3 heterocycles. The molecule has 0 saturated carbocycles. The monoisotopic (exact) mass is 472 g/mol. The van der Waals surface area contributed by atoms with Gasteiger partial charge in [0.2, 0.25) is 0 Å². The Hall–Kier alpha value is -3.65. The lowest BCUT2D eigenvalue weighted by atomic mass is 10.1. The number of aromatic nitrogens is 4. The molecule has 0 radical (unpaired) electrons. The van der Waals surface area contributed by atoms with Crippen molar-refractivity contribution in [2.75, 3.05) is 18.4 Å². The summed E-state index contributed by atoms with van der Waals surface area (Å²) in [6.07, 6.45) is 2.53. The van der Waals surface area contributed by atoms with Gasteiger partial charge >= 0.3 is 5.69 Å². The summed E-state index contributed by atoms with van der Waals surface area (Å²) in [4.78, 5) is 30.6. The van der Waals surface area contributed by atoms with E-state index in [-0.39, 0.29) is 5.92 Å². The highest BCUT2D eigenvalue weighted by Crippen LogP contribution is 2.25. The average molecular weight is 473 g/mol. The van der Waals surface area contributed by atoms with Crippen LogP contribution in [0.2, 0.25) is 0 Å². The van der Waals surface area contributed by atoms with E-state index >= 15 is 0 Å². The number of aromatic amines is 1. The van der Waals surface area contributed by atoms with Gasteiger partial charge in [-0.3, -0.25) is 19.2 Å². The molecule has 0 unspecified atom stereocenters. The van der Waals surface area contributed by atoms with E-state index in [1.807, 2.05) is 44.2 Å². The highest BCUT2D eigenvalue weighted by molar-refractivity contribution is 5.89. The molecule has 1 saturated heterocycles. The third kappa shape index (κ3) is 5.07. The fraction of sp³-hybridized carbons (Fsp3) is 0.370. The number of para-hydroxylation sites is 1. The van der Waals surface area contributed by atoms with Crippen LogP contribution < -0.4 is 16.6 Å². The lowest BCUT2D eigenvalue weighted by Gasteiger charge is -2.15. The molecule has 1 aliphatic rings. The first-order chi connectivity index (χ1) is 17.0. The summed E-state index contributed by atoms with van der Waals surface area (Å²) in [6, 6.07) is 18.2. The van der Waals surface area contributed by atoms with E-state index in [2.05, 4.69) is 39.5 Å². The fourth-order valence-electron chi connectivity index (χ4n) is 4.80. The number of anilines is 2. The first-order valence-corrected chi connectivity index (χ1v) is 12.3. The number of rotatable bonds is 8. The molecule has 8 nitrogen and oxygen atoms in total. The van der Waals surface area contributed by atoms with Crippen molar-refractivity contribution in [3.05, 3.63) is 86.6 Å². The summed E-state index contributed by atoms with van der Waals surface area (Å²) >= 11 is 0. The molecule has 2 aromatic carbocycles. The van der Waals surface area contributed by atoms with Crippen molar-refractivity contribution in [1.82, 2.24) is 24.2 Å². The minimum Gasteiger partial charge on any atom is -0.340 e. The zero-order valence-corrected chi connectivity index (χ0v) is 20.3. The largest absolute Gasteiger partial charge is 0.340 e. The van der Waals surface area contributed by atoms with Crippen LogP contribution in [0.3, 0.4) is 0 Å². The first-order valence-electron chi connectivity index (χ1n) is 12.3. The van der Waals surface area contributed by atoms with Gasteiger partial charge in [-0.2, -0.15) is 5.10 Å². The van der Waals surface area contributed by atoms with Gasteiger partial charge in [0.25, 0.3) is 5.56 Å². The summed E-state index contributed by atoms with van der Waals surface area (Å²) in [5, 5.41) is 8.58. The molecular weight excluding hydrogens is 440 g/mol. The predicted octanol–water partition coefficient (Wildman–Crippen LogP) is 3.93. The molecule has 4 aromatic rings. The fourth-order valence-corrected chi connectivity index (χ4v) is 4.80. The molecule has 0 atom stereocenters. The Kier molecular flexibility index (Phi) is 6.55. The van der Waals surface area contributed by atoms with E-state index < -0.39 is 11.2 Å². The van der Waals surface area contributed by atoms with Crippen LogP contribution in [-0.4, -0.2) is 37.3 Å². The number of benzene rings is 2. The smallest absolute Gasteiger partial charge is 0.330 e. The molecule has 35 heavy (non-hydrogen) atoms. The summed E-state index contributed by atoms with van der Waals surface area (Å²) < 4.78 is 3.37. The van der Waals surface area contributed by atoms with Crippen LogP contribution in [0, 0.1) is 5.92 Å². The van der Waals surface area contributed by atoms with Crippen LogP contribution in [0.4, 0.5) is 11.5 Å². The minimum absolute atomic E-state index is 0.222. The van der Waals surface area contributed by atoms with Crippen LogP contribution >= 0.6 is 0 Å². The maximum atomic E-state index is 13.0. The Labute approximate surface area is 204 Å². The Morgan fingerprint density at radius 2 is 1.69 bits per heavy atom. The van der Waals surface area contributed by atoms with Crippen molar-refractivity contribution < 1.29 is 0 Å². The van der Waals surface area contributed by atoms with E-state index in [4.69, 9.17) is 5.10 Å². The van der Waals surface area contributed by atoms with Crippen molar-refractivity contribution in [3.8, 4) is 0 Å². The van der Waals surface area contributed by atoms with Crippen LogP contribution in [-0.2, 0) is 19.6 Å². The molecule has 1 fully saturated rings. The van der Waals surface area contributed by atoms with Crippen molar-refractivity contribution >= 4 is 22.5 Å². The number of H-pyrrole nitrogens is 1. The maximum absolute atomic E-state index is 13.0. The van der Waals surface area contributed by atoms with Crippen LogP contribution in [0.25, 0.3) is 11.0 Å². The highest BCUT2D eigenvalue weighted by atomic mass is 16.2. The Morgan fingerprint density at radius 1 is 0.971 bits per heavy atom. The lowest BCUT2D eigenvalue weighted by Crippen LogP contribution is -2.31. The molecule has 2 aromatic heterocycles. The second-order valence-electron chi connectivity index (χ2n) is 9.76. The van der Waals surface area contributed by atoms with Crippen LogP contribution in [0.5, 0.6) is 0 Å². The number of nitrogens with one attached hydrogen (secondary N) is 2. The number of nitrogens with zero attached hydrogens (tertiary/aromatic N) is 4. The van der Waals surface area contributed by atoms with Crippen molar-refractivity contribution in [1.29, 1.82) is 0 Å². The molecule has 0 spiro atoms. The van der Waals surface area contributed by atoms with Crippen molar-refractivity contribution in [2.24, 2.45) is 5.92 Å². The molecule has 2 N–H and O–H groups in total. The molecule has 8 heteroatoms. The van der Waals surface area contributed by atoms with Crippen molar-refractivity contribution in [3.63, 3.8) is 0 Å². The summed E-state index contributed by atoms with van der Waals surface area (Å²) in [5.74, 6) is 0.801. The minimum atomic E-state index is -0.433. The lowest BCUT2D eigenvalue weighted by molar-refractivity contribution is 0.331. The maximum Gasteiger partial charge on any atom is 0.330 e. The number of hydrogen-bond acceptors (Lipinski definition) is 5. The Balaban J connectivity index is 1.58. The first kappa shape index (κ1) is 23.1. The number of likely N-dealkylation sites (tertiary alicyclic amines) is 1. The van der Waals surface area contributed by atoms with Gasteiger partial charge in [0, 0.05) is 18.8 Å². The summed E-state index contributed by atoms with van der Waals surface area (Å²) in [7, 11) is 0. The van der Waals surface area contributed by atoms with Gasteiger partial charge in [0.05, 0.1) is 6.54 Å².